The molecule has 1 saturated carbocycles. The second kappa shape index (κ2) is 9.59. The fourth-order valence-electron chi connectivity index (χ4n) is 5.36. The van der Waals surface area contributed by atoms with Crippen molar-refractivity contribution in [3.05, 3.63) is 29.6 Å². The first-order chi connectivity index (χ1) is 17.1. The van der Waals surface area contributed by atoms with E-state index in [0.29, 0.717) is 11.0 Å². The Balaban J connectivity index is 1.43. The minimum atomic E-state index is -0.954. The van der Waals surface area contributed by atoms with Crippen LogP contribution in [0.15, 0.2) is 18.2 Å². The van der Waals surface area contributed by atoms with Gasteiger partial charge in [0.05, 0.1) is 17.3 Å². The van der Waals surface area contributed by atoms with E-state index in [4.69, 9.17) is 14.0 Å². The molecule has 2 heterocycles. The molecule has 1 aliphatic carbocycles. The largest absolute Gasteiger partial charge is 0.494 e. The van der Waals surface area contributed by atoms with Crippen LogP contribution in [0.3, 0.4) is 0 Å². The minimum absolute atomic E-state index is 0.00896. The number of nitrogens with one attached hydrogen (secondary N) is 1. The minimum Gasteiger partial charge on any atom is -0.444 e. The normalized spacial score (nSPS) is 26.6. The van der Waals surface area contributed by atoms with Crippen LogP contribution >= 0.6 is 0 Å². The Morgan fingerprint density at radius 2 is 1.89 bits per heavy atom. The second-order valence-electron chi connectivity index (χ2n) is 12.4. The molecule has 1 N–H and O–H groups in total. The number of likely N-dealkylation sites (tertiary alicyclic amines) is 1. The zero-order valence-corrected chi connectivity index (χ0v) is 22.8. The summed E-state index contributed by atoms with van der Waals surface area (Å²) in [6.45, 7) is 13.1. The zero-order chi connectivity index (χ0) is 27.3. The molecular formula is C27H37BFN3O5. The first-order valence-corrected chi connectivity index (χ1v) is 13.0. The van der Waals surface area contributed by atoms with E-state index in [2.05, 4.69) is 11.4 Å². The lowest BCUT2D eigenvalue weighted by molar-refractivity contribution is -0.128. The van der Waals surface area contributed by atoms with Gasteiger partial charge < -0.3 is 19.4 Å². The number of ether oxygens (including phenoxy) is 1. The zero-order valence-electron chi connectivity index (χ0n) is 22.8. The van der Waals surface area contributed by atoms with Gasteiger partial charge in [0.15, 0.2) is 0 Å². The lowest BCUT2D eigenvalue weighted by Gasteiger charge is -2.35. The van der Waals surface area contributed by atoms with Crippen molar-refractivity contribution in [3.8, 4) is 6.07 Å². The molecule has 2 amide bonds. The molecular weight excluding hydrogens is 476 g/mol. The Morgan fingerprint density at radius 3 is 2.46 bits per heavy atom. The third-order valence-corrected chi connectivity index (χ3v) is 7.96. The van der Waals surface area contributed by atoms with Gasteiger partial charge in [0, 0.05) is 12.5 Å². The van der Waals surface area contributed by atoms with Crippen LogP contribution in [0.5, 0.6) is 0 Å². The summed E-state index contributed by atoms with van der Waals surface area (Å²) in [4.78, 5) is 27.7. The summed E-state index contributed by atoms with van der Waals surface area (Å²) in [5, 5.41) is 12.5. The van der Waals surface area contributed by atoms with Gasteiger partial charge in [0.25, 0.3) is 0 Å². The molecule has 0 spiro atoms. The molecule has 2 saturated heterocycles. The monoisotopic (exact) mass is 513 g/mol. The van der Waals surface area contributed by atoms with Crippen molar-refractivity contribution in [1.29, 1.82) is 5.26 Å². The van der Waals surface area contributed by atoms with Crippen LogP contribution in [0.2, 0.25) is 0 Å². The predicted molar refractivity (Wildman–Crippen MR) is 136 cm³/mol. The fourth-order valence-corrected chi connectivity index (χ4v) is 5.36. The quantitative estimate of drug-likeness (QED) is 0.606. The number of piperidine rings is 1. The first kappa shape index (κ1) is 27.4. The average Bonchev–Trinajstić information content (AvgIpc) is 3.44. The number of fused-ring (bicyclic) bond motifs is 2. The van der Waals surface area contributed by atoms with Gasteiger partial charge in [-0.15, -0.1) is 0 Å². The molecule has 37 heavy (non-hydrogen) atoms. The van der Waals surface area contributed by atoms with Crippen LogP contribution in [0.4, 0.5) is 9.18 Å². The van der Waals surface area contributed by atoms with E-state index in [1.807, 2.05) is 27.7 Å². The number of carbonyl (C=O) groups excluding carboxylic acids is 2. The smallest absolute Gasteiger partial charge is 0.444 e. The average molecular weight is 513 g/mol. The van der Waals surface area contributed by atoms with Crippen molar-refractivity contribution in [2.75, 3.05) is 0 Å². The molecule has 2 aliphatic heterocycles. The van der Waals surface area contributed by atoms with E-state index in [1.54, 1.807) is 32.9 Å². The van der Waals surface area contributed by atoms with Gasteiger partial charge in [-0.1, -0.05) is 12.1 Å². The molecule has 2 bridgehead atoms. The fraction of sp³-hybridized carbons (Fsp3) is 0.667. The molecule has 4 atom stereocenters. The van der Waals surface area contributed by atoms with Crippen LogP contribution in [-0.4, -0.2) is 58.9 Å². The van der Waals surface area contributed by atoms with Gasteiger partial charge in [-0.05, 0) is 90.7 Å². The van der Waals surface area contributed by atoms with Crippen molar-refractivity contribution in [2.45, 2.75) is 109 Å². The lowest BCUT2D eigenvalue weighted by Crippen LogP contribution is -2.55. The maximum atomic E-state index is 15.1. The Labute approximate surface area is 219 Å². The van der Waals surface area contributed by atoms with Gasteiger partial charge in [-0.2, -0.15) is 5.26 Å². The summed E-state index contributed by atoms with van der Waals surface area (Å²) < 4.78 is 32.6. The van der Waals surface area contributed by atoms with E-state index in [0.717, 1.165) is 19.3 Å². The molecule has 0 aromatic heterocycles. The van der Waals surface area contributed by atoms with Crippen LogP contribution < -0.4 is 10.8 Å². The summed E-state index contributed by atoms with van der Waals surface area (Å²) in [5.74, 6) is -0.885. The standard InChI is InChI=1S/C27H37BFN3O5/c1-25(2,3)35-24(34)32-20-11-9-17(13-20)22(32)23(33)31-19(15-30)12-16-8-10-18(14-21(16)29)28-36-26(4,5)27(6,7)37-28/h8,10,14,17,19-20,22H,9,11-13H2,1-7H3,(H,31,33)/t17-,19?,20+,22?/m0/s1. The molecule has 1 aromatic carbocycles. The highest BCUT2D eigenvalue weighted by Crippen LogP contribution is 2.43. The number of nitrogens with zero attached hydrogens (tertiary/aromatic N) is 2. The number of benzene rings is 1. The number of rotatable bonds is 5. The number of carbonyl (C=O) groups is 2. The lowest BCUT2D eigenvalue weighted by atomic mass is 9.78. The van der Waals surface area contributed by atoms with Crippen molar-refractivity contribution in [1.82, 2.24) is 10.2 Å². The second-order valence-corrected chi connectivity index (χ2v) is 12.4. The van der Waals surface area contributed by atoms with Gasteiger partial charge in [0.2, 0.25) is 5.91 Å². The molecule has 10 heteroatoms. The number of amides is 2. The van der Waals surface area contributed by atoms with Crippen LogP contribution in [0, 0.1) is 23.1 Å². The third-order valence-electron chi connectivity index (χ3n) is 7.96. The summed E-state index contributed by atoms with van der Waals surface area (Å²) in [5.41, 5.74) is -0.929. The van der Waals surface area contributed by atoms with Crippen molar-refractivity contribution in [3.63, 3.8) is 0 Å². The Bertz CT molecular complexity index is 1100. The molecule has 3 aliphatic rings. The Hall–Kier alpha value is -2.64. The third kappa shape index (κ3) is 5.48. The number of halogens is 1. The number of nitriles is 1. The first-order valence-electron chi connectivity index (χ1n) is 13.0. The summed E-state index contributed by atoms with van der Waals surface area (Å²) >= 11 is 0. The Morgan fingerprint density at radius 1 is 1.24 bits per heavy atom. The SMILES string of the molecule is CC(C)(C)OC(=O)N1C(C(=O)NC(C#N)Cc2ccc(B3OC(C)(C)C(C)(C)O3)cc2F)[C@H]2CC[C@@H]1C2. The van der Waals surface area contributed by atoms with Crippen molar-refractivity contribution >= 4 is 24.6 Å². The summed E-state index contributed by atoms with van der Waals surface area (Å²) in [7, 11) is -0.698. The van der Waals surface area contributed by atoms with Crippen LogP contribution in [-0.2, 0) is 25.3 Å². The molecule has 200 valence electrons. The van der Waals surface area contributed by atoms with E-state index >= 15 is 4.39 Å². The van der Waals surface area contributed by atoms with Crippen molar-refractivity contribution < 1.29 is 28.0 Å². The molecule has 8 nitrogen and oxygen atoms in total. The van der Waals surface area contributed by atoms with Gasteiger partial charge >= 0.3 is 13.2 Å². The molecule has 3 fully saturated rings. The Kier molecular flexibility index (Phi) is 7.10. The van der Waals surface area contributed by atoms with E-state index in [9.17, 15) is 14.9 Å². The van der Waals surface area contributed by atoms with Crippen LogP contribution in [0.25, 0.3) is 0 Å². The van der Waals surface area contributed by atoms with Gasteiger partial charge in [-0.3, -0.25) is 9.69 Å². The van der Waals surface area contributed by atoms with E-state index < -0.39 is 53.8 Å². The van der Waals surface area contributed by atoms with Crippen molar-refractivity contribution in [2.24, 2.45) is 5.92 Å². The highest BCUT2D eigenvalue weighted by atomic mass is 19.1. The maximum Gasteiger partial charge on any atom is 0.494 e. The topological polar surface area (TPSA) is 101 Å². The highest BCUT2D eigenvalue weighted by Gasteiger charge is 2.53. The molecule has 4 rings (SSSR count). The predicted octanol–water partition coefficient (Wildman–Crippen LogP) is 3.46. The van der Waals surface area contributed by atoms with Gasteiger partial charge in [-0.25, -0.2) is 9.18 Å². The highest BCUT2D eigenvalue weighted by molar-refractivity contribution is 6.62. The van der Waals surface area contributed by atoms with E-state index in [-0.39, 0.29) is 18.4 Å². The summed E-state index contributed by atoms with van der Waals surface area (Å²) in [6.07, 6.45) is 1.89. The molecule has 0 radical (unpaired) electrons. The molecule has 2 unspecified atom stereocenters. The summed E-state index contributed by atoms with van der Waals surface area (Å²) in [6, 6.07) is 5.04. The van der Waals surface area contributed by atoms with Gasteiger partial charge in [0.1, 0.15) is 23.5 Å². The number of hydrogen-bond acceptors (Lipinski definition) is 6. The van der Waals surface area contributed by atoms with E-state index in [1.165, 1.54) is 11.0 Å². The van der Waals surface area contributed by atoms with Crippen LogP contribution in [0.1, 0.15) is 73.3 Å². The maximum absolute atomic E-state index is 15.1. The number of hydrogen-bond donors (Lipinski definition) is 1. The molecule has 1 aromatic rings.